The number of carbonyl (C=O) groups is 4. The van der Waals surface area contributed by atoms with E-state index in [1.54, 1.807) is 0 Å². The third-order valence-corrected chi connectivity index (χ3v) is 8.48. The van der Waals surface area contributed by atoms with E-state index < -0.39 is 134 Å². The summed E-state index contributed by atoms with van der Waals surface area (Å²) < 4.78 is 29.0. The van der Waals surface area contributed by atoms with Gasteiger partial charge in [-0.25, -0.2) is 9.79 Å². The zero-order valence-electron chi connectivity index (χ0n) is 27.8. The maximum atomic E-state index is 13.0. The van der Waals surface area contributed by atoms with Gasteiger partial charge in [0.2, 0.25) is 17.7 Å². The molecule has 21 heteroatoms. The quantitative estimate of drug-likeness (QED) is 0.0704. The SMILES string of the molecule is CC(=O)N[C@@H]1[C@@H]([C@@H](NC(C)=O)[C@@H](C)O[C@H]2O[C@H](C)[C@@H](O)[C@H](O)[C@H]2NC(C)=O)O[C@@](O[C@@H]2[C@H](O)[C@H](C)OC(O)[C@H]2N=C(N)N)(C(=O)O)C[C@H]1O. The summed E-state index contributed by atoms with van der Waals surface area (Å²) in [7, 11) is 0. The molecule has 16 atom stereocenters. The van der Waals surface area contributed by atoms with Gasteiger partial charge in [-0.1, -0.05) is 0 Å². The number of aliphatic carboxylic acids is 1. The lowest BCUT2D eigenvalue weighted by atomic mass is 9.86. The fraction of sp³-hybridized carbons (Fsp3) is 0.821. The minimum atomic E-state index is -2.84. The molecule has 0 aromatic heterocycles. The molecular formula is C28H48N6O15. The number of aliphatic hydroxyl groups excluding tert-OH is 5. The number of aliphatic imine (C=N–C) groups is 1. The van der Waals surface area contributed by atoms with Gasteiger partial charge in [-0.3, -0.25) is 14.4 Å². The minimum absolute atomic E-state index is 0.563. The highest BCUT2D eigenvalue weighted by atomic mass is 16.7. The Morgan fingerprint density at radius 1 is 0.878 bits per heavy atom. The molecule has 0 spiro atoms. The van der Waals surface area contributed by atoms with Gasteiger partial charge in [-0.15, -0.1) is 0 Å². The Hall–Kier alpha value is -3.25. The number of nitrogens with two attached hydrogens (primary N) is 2. The fourth-order valence-electron chi connectivity index (χ4n) is 6.15. The zero-order valence-corrected chi connectivity index (χ0v) is 27.8. The molecule has 3 heterocycles. The molecule has 0 saturated carbocycles. The number of guanidine groups is 1. The first-order valence-electron chi connectivity index (χ1n) is 15.5. The second-order valence-corrected chi connectivity index (χ2v) is 12.5. The molecule has 3 saturated heterocycles. The molecule has 3 aliphatic rings. The fourth-order valence-corrected chi connectivity index (χ4v) is 6.15. The van der Waals surface area contributed by atoms with Crippen molar-refractivity contribution in [3.63, 3.8) is 0 Å². The van der Waals surface area contributed by atoms with Crippen LogP contribution in [0.1, 0.15) is 48.0 Å². The van der Waals surface area contributed by atoms with Crippen LogP contribution in [-0.2, 0) is 42.9 Å². The van der Waals surface area contributed by atoms with E-state index in [1.165, 1.54) is 20.8 Å². The topological polar surface area (TPSA) is 336 Å². The minimum Gasteiger partial charge on any atom is -0.477 e. The number of rotatable bonds is 11. The number of nitrogens with one attached hydrogen (secondary N) is 3. The molecule has 0 aromatic rings. The van der Waals surface area contributed by atoms with Crippen molar-refractivity contribution in [2.24, 2.45) is 16.5 Å². The monoisotopic (exact) mass is 708 g/mol. The Morgan fingerprint density at radius 2 is 1.45 bits per heavy atom. The lowest BCUT2D eigenvalue weighted by molar-refractivity contribution is -0.345. The van der Waals surface area contributed by atoms with Crippen molar-refractivity contribution >= 4 is 29.7 Å². The maximum Gasteiger partial charge on any atom is 0.364 e. The van der Waals surface area contributed by atoms with E-state index in [-0.39, 0.29) is 0 Å². The summed E-state index contributed by atoms with van der Waals surface area (Å²) in [6, 6.07) is -5.75. The van der Waals surface area contributed by atoms with Crippen LogP contribution in [0.25, 0.3) is 0 Å². The van der Waals surface area contributed by atoms with E-state index in [0.717, 1.165) is 20.8 Å². The molecule has 3 fully saturated rings. The second-order valence-electron chi connectivity index (χ2n) is 12.5. The van der Waals surface area contributed by atoms with Crippen LogP contribution < -0.4 is 27.4 Å². The summed E-state index contributed by atoms with van der Waals surface area (Å²) in [5, 5.41) is 72.0. The largest absolute Gasteiger partial charge is 0.477 e. The van der Waals surface area contributed by atoms with Gasteiger partial charge < -0.3 is 81.7 Å². The first-order chi connectivity index (χ1) is 22.7. The molecule has 13 N–H and O–H groups in total. The molecule has 280 valence electrons. The molecule has 0 bridgehead atoms. The smallest absolute Gasteiger partial charge is 0.364 e. The molecular weight excluding hydrogens is 660 g/mol. The molecule has 0 aromatic carbocycles. The van der Waals surface area contributed by atoms with Crippen molar-refractivity contribution in [3.8, 4) is 0 Å². The molecule has 1 unspecified atom stereocenters. The van der Waals surface area contributed by atoms with Gasteiger partial charge in [0.1, 0.15) is 42.6 Å². The number of hydrogen-bond donors (Lipinski definition) is 11. The van der Waals surface area contributed by atoms with Gasteiger partial charge in [0.15, 0.2) is 18.5 Å². The van der Waals surface area contributed by atoms with Crippen LogP contribution in [0.15, 0.2) is 4.99 Å². The first-order valence-corrected chi connectivity index (χ1v) is 15.5. The molecule has 0 radical (unpaired) electrons. The number of ether oxygens (including phenoxy) is 5. The molecule has 49 heavy (non-hydrogen) atoms. The van der Waals surface area contributed by atoms with E-state index in [1.807, 2.05) is 0 Å². The molecule has 3 rings (SSSR count). The van der Waals surface area contributed by atoms with E-state index in [0.29, 0.717) is 0 Å². The predicted molar refractivity (Wildman–Crippen MR) is 163 cm³/mol. The molecule has 3 amide bonds. The number of carboxylic acids is 1. The van der Waals surface area contributed by atoms with Crippen LogP contribution in [0.2, 0.25) is 0 Å². The van der Waals surface area contributed by atoms with E-state index in [4.69, 9.17) is 35.2 Å². The van der Waals surface area contributed by atoms with Gasteiger partial charge in [0.05, 0.1) is 36.5 Å². The molecule has 21 nitrogen and oxygen atoms in total. The van der Waals surface area contributed by atoms with E-state index in [2.05, 4.69) is 20.9 Å². The Bertz CT molecular complexity index is 1240. The highest BCUT2D eigenvalue weighted by Crippen LogP contribution is 2.38. The van der Waals surface area contributed by atoms with Gasteiger partial charge in [0.25, 0.3) is 5.79 Å². The third kappa shape index (κ3) is 9.31. The van der Waals surface area contributed by atoms with Gasteiger partial charge in [-0.05, 0) is 20.8 Å². The van der Waals surface area contributed by atoms with Crippen LogP contribution in [-0.4, -0.2) is 158 Å². The van der Waals surface area contributed by atoms with E-state index in [9.17, 15) is 49.8 Å². The number of carboxylic acid groups (broad SMARTS) is 1. The average Bonchev–Trinajstić information content (AvgIpc) is 2.98. The number of carbonyl (C=O) groups excluding carboxylic acids is 3. The summed E-state index contributed by atoms with van der Waals surface area (Å²) in [5.41, 5.74) is 11.0. The summed E-state index contributed by atoms with van der Waals surface area (Å²) in [6.07, 6.45) is -17.2. The van der Waals surface area contributed by atoms with Crippen LogP contribution in [0.3, 0.4) is 0 Å². The van der Waals surface area contributed by atoms with Crippen molar-refractivity contribution in [2.45, 2.75) is 145 Å². The first kappa shape index (κ1) is 40.2. The van der Waals surface area contributed by atoms with Crippen molar-refractivity contribution in [2.75, 3.05) is 0 Å². The summed E-state index contributed by atoms with van der Waals surface area (Å²) in [4.78, 5) is 53.6. The Morgan fingerprint density at radius 3 is 1.98 bits per heavy atom. The van der Waals surface area contributed by atoms with Crippen molar-refractivity contribution in [1.82, 2.24) is 16.0 Å². The Kier molecular flexibility index (Phi) is 13.3. The number of hydrogen-bond acceptors (Lipinski definition) is 15. The van der Waals surface area contributed by atoms with Gasteiger partial charge in [0, 0.05) is 27.2 Å². The van der Waals surface area contributed by atoms with Crippen molar-refractivity contribution in [1.29, 1.82) is 0 Å². The third-order valence-electron chi connectivity index (χ3n) is 8.48. The number of aliphatic hydroxyl groups is 5. The summed E-state index contributed by atoms with van der Waals surface area (Å²) in [5.74, 6) is -7.19. The Labute approximate surface area is 281 Å². The number of amides is 3. The lowest BCUT2D eigenvalue weighted by Crippen LogP contribution is -2.72. The summed E-state index contributed by atoms with van der Waals surface area (Å²) in [6.45, 7) is 7.59. The average molecular weight is 709 g/mol. The summed E-state index contributed by atoms with van der Waals surface area (Å²) >= 11 is 0. The van der Waals surface area contributed by atoms with Crippen LogP contribution in [0.5, 0.6) is 0 Å². The zero-order chi connectivity index (χ0) is 37.1. The lowest BCUT2D eigenvalue weighted by Gasteiger charge is -2.51. The highest BCUT2D eigenvalue weighted by molar-refractivity contribution is 5.77. The predicted octanol–water partition coefficient (Wildman–Crippen LogP) is -5.57. The maximum absolute atomic E-state index is 13.0. The number of nitrogens with zero attached hydrogens (tertiary/aromatic N) is 1. The van der Waals surface area contributed by atoms with Crippen molar-refractivity contribution < 1.29 is 73.5 Å². The van der Waals surface area contributed by atoms with Crippen LogP contribution >= 0.6 is 0 Å². The highest BCUT2D eigenvalue weighted by Gasteiger charge is 2.59. The van der Waals surface area contributed by atoms with Crippen molar-refractivity contribution in [3.05, 3.63) is 0 Å². The Balaban J connectivity index is 2.09. The molecule has 3 aliphatic heterocycles. The van der Waals surface area contributed by atoms with Crippen LogP contribution in [0, 0.1) is 0 Å². The van der Waals surface area contributed by atoms with Crippen LogP contribution in [0.4, 0.5) is 0 Å². The van der Waals surface area contributed by atoms with Gasteiger partial charge in [-0.2, -0.15) is 0 Å². The second kappa shape index (κ2) is 16.2. The normalized spacial score (nSPS) is 40.7. The van der Waals surface area contributed by atoms with E-state index >= 15 is 0 Å². The standard InChI is InChI=1S/C28H48N6O15/c1-8(46-25-17(33-13(6)37)21(41)19(39)9(2)47-25)15(31-11(4)35)22-16(32-12(5)36)14(38)7-28(48-22,26(43)44)49-23-18(34-27(29)30)24(42)45-10(3)20(23)40/h8-10,14-25,38-42H,7H2,1-6H3,(H,31,35)(H,32,36)(H,33,37)(H,43,44)(H4,29,30,34)/t8-,9-,10+,14-,15+,16+,17-,18+,19-,20-,21-,22-,23+,24?,25+,28+/m1/s1. The van der Waals surface area contributed by atoms with Gasteiger partial charge >= 0.3 is 5.97 Å². The molecule has 0 aliphatic carbocycles.